The largest absolute Gasteiger partial charge is 0.316 e. The van der Waals surface area contributed by atoms with Crippen LogP contribution >= 0.6 is 0 Å². The van der Waals surface area contributed by atoms with Crippen LogP contribution in [-0.2, 0) is 0 Å². The lowest BCUT2D eigenvalue weighted by Gasteiger charge is -2.25. The molecule has 1 N–H and O–H groups in total. The Bertz CT molecular complexity index is 122. The molecule has 0 aliphatic carbocycles. The molecule has 0 saturated carbocycles. The van der Waals surface area contributed by atoms with E-state index in [1.54, 1.807) is 0 Å². The highest BCUT2D eigenvalue weighted by atomic mass is 15.1. The standard InChI is InChI=1S/C9H18N2/c1-11-6-8-2-3-9(7-11)5-10-4-8/h8-10H,2-7H2,1H3. The van der Waals surface area contributed by atoms with Crippen molar-refractivity contribution in [3.8, 4) is 0 Å². The maximum Gasteiger partial charge on any atom is 0.00189 e. The van der Waals surface area contributed by atoms with Gasteiger partial charge in [0.15, 0.2) is 0 Å². The Morgan fingerprint density at radius 3 is 2.18 bits per heavy atom. The summed E-state index contributed by atoms with van der Waals surface area (Å²) in [6.45, 7) is 5.12. The van der Waals surface area contributed by atoms with Crippen LogP contribution in [0.3, 0.4) is 0 Å². The highest BCUT2D eigenvalue weighted by Gasteiger charge is 2.24. The molecular weight excluding hydrogens is 136 g/mol. The zero-order valence-corrected chi connectivity index (χ0v) is 7.34. The van der Waals surface area contributed by atoms with Gasteiger partial charge in [0.2, 0.25) is 0 Å². The molecule has 2 fully saturated rings. The Kier molecular flexibility index (Phi) is 2.14. The first-order valence-corrected chi connectivity index (χ1v) is 4.74. The van der Waals surface area contributed by atoms with Crippen LogP contribution in [0.25, 0.3) is 0 Å². The molecule has 2 bridgehead atoms. The van der Waals surface area contributed by atoms with E-state index in [1.165, 1.54) is 39.0 Å². The summed E-state index contributed by atoms with van der Waals surface area (Å²) in [5, 5.41) is 3.54. The highest BCUT2D eigenvalue weighted by molar-refractivity contribution is 4.80. The van der Waals surface area contributed by atoms with Crippen molar-refractivity contribution in [2.45, 2.75) is 12.8 Å². The van der Waals surface area contributed by atoms with Gasteiger partial charge in [-0.2, -0.15) is 0 Å². The van der Waals surface area contributed by atoms with Crippen LogP contribution in [-0.4, -0.2) is 38.1 Å². The maximum atomic E-state index is 3.54. The predicted molar refractivity (Wildman–Crippen MR) is 46.6 cm³/mol. The summed E-state index contributed by atoms with van der Waals surface area (Å²) in [7, 11) is 2.26. The quantitative estimate of drug-likeness (QED) is 0.548. The molecule has 2 nitrogen and oxygen atoms in total. The fourth-order valence-electron chi connectivity index (χ4n) is 2.43. The van der Waals surface area contributed by atoms with E-state index in [9.17, 15) is 0 Å². The molecule has 0 spiro atoms. The third-order valence-electron chi connectivity index (χ3n) is 2.99. The van der Waals surface area contributed by atoms with Crippen molar-refractivity contribution in [1.29, 1.82) is 0 Å². The molecule has 64 valence electrons. The van der Waals surface area contributed by atoms with Gasteiger partial charge in [-0.05, 0) is 44.8 Å². The molecule has 2 atom stereocenters. The fraction of sp³-hybridized carbons (Fsp3) is 1.00. The lowest BCUT2D eigenvalue weighted by Crippen LogP contribution is -2.38. The smallest absolute Gasteiger partial charge is 0.00189 e. The van der Waals surface area contributed by atoms with E-state index in [2.05, 4.69) is 17.3 Å². The molecule has 2 saturated heterocycles. The van der Waals surface area contributed by atoms with Gasteiger partial charge in [0.25, 0.3) is 0 Å². The SMILES string of the molecule is CN1CC2CCC(CNC2)C1. The molecule has 2 heterocycles. The summed E-state index contributed by atoms with van der Waals surface area (Å²) in [5.74, 6) is 1.85. The molecule has 0 radical (unpaired) electrons. The number of nitrogens with one attached hydrogen (secondary N) is 1. The van der Waals surface area contributed by atoms with Crippen LogP contribution in [0.2, 0.25) is 0 Å². The van der Waals surface area contributed by atoms with Crippen molar-refractivity contribution in [3.63, 3.8) is 0 Å². The van der Waals surface area contributed by atoms with Gasteiger partial charge in [-0.3, -0.25) is 0 Å². The molecule has 2 unspecified atom stereocenters. The molecular formula is C9H18N2. The van der Waals surface area contributed by atoms with E-state index in [1.807, 2.05) is 0 Å². The molecule has 2 heteroatoms. The van der Waals surface area contributed by atoms with Gasteiger partial charge in [-0.15, -0.1) is 0 Å². The number of rotatable bonds is 0. The molecule has 0 aromatic carbocycles. The van der Waals surface area contributed by atoms with Crippen LogP contribution < -0.4 is 5.32 Å². The van der Waals surface area contributed by atoms with Crippen LogP contribution in [0, 0.1) is 11.8 Å². The fourth-order valence-corrected chi connectivity index (χ4v) is 2.43. The van der Waals surface area contributed by atoms with Crippen LogP contribution in [0.4, 0.5) is 0 Å². The minimum Gasteiger partial charge on any atom is -0.316 e. The first kappa shape index (κ1) is 7.56. The second kappa shape index (κ2) is 3.11. The van der Waals surface area contributed by atoms with E-state index in [0.29, 0.717) is 0 Å². The number of hydrogen-bond donors (Lipinski definition) is 1. The second-order valence-corrected chi connectivity index (χ2v) is 4.19. The van der Waals surface area contributed by atoms with Gasteiger partial charge in [0.1, 0.15) is 0 Å². The topological polar surface area (TPSA) is 15.3 Å². The number of fused-ring (bicyclic) bond motifs is 3. The zero-order valence-electron chi connectivity index (χ0n) is 7.34. The Morgan fingerprint density at radius 2 is 1.64 bits per heavy atom. The highest BCUT2D eigenvalue weighted by Crippen LogP contribution is 2.21. The lowest BCUT2D eigenvalue weighted by atomic mass is 10.0. The average molecular weight is 154 g/mol. The van der Waals surface area contributed by atoms with Gasteiger partial charge in [0, 0.05) is 13.1 Å². The summed E-state index contributed by atoms with van der Waals surface area (Å²) in [4.78, 5) is 2.50. The molecule has 2 rings (SSSR count). The minimum atomic E-state index is 0.924. The summed E-state index contributed by atoms with van der Waals surface area (Å²) in [6.07, 6.45) is 2.89. The Hall–Kier alpha value is -0.0800. The van der Waals surface area contributed by atoms with Gasteiger partial charge in [0.05, 0.1) is 0 Å². The molecule has 0 aromatic rings. The first-order chi connectivity index (χ1) is 5.34. The van der Waals surface area contributed by atoms with Gasteiger partial charge in [-0.1, -0.05) is 0 Å². The molecule has 0 aromatic heterocycles. The Labute approximate surface area is 69.0 Å². The zero-order chi connectivity index (χ0) is 7.68. The van der Waals surface area contributed by atoms with Crippen LogP contribution in [0.15, 0.2) is 0 Å². The van der Waals surface area contributed by atoms with Gasteiger partial charge in [-0.25, -0.2) is 0 Å². The molecule has 2 aliphatic rings. The van der Waals surface area contributed by atoms with Crippen molar-refractivity contribution >= 4 is 0 Å². The molecule has 2 aliphatic heterocycles. The Balaban J connectivity index is 2.04. The van der Waals surface area contributed by atoms with Crippen molar-refractivity contribution < 1.29 is 0 Å². The van der Waals surface area contributed by atoms with Gasteiger partial charge >= 0.3 is 0 Å². The molecule has 11 heavy (non-hydrogen) atoms. The average Bonchev–Trinajstić information content (AvgIpc) is 2.19. The van der Waals surface area contributed by atoms with Crippen molar-refractivity contribution in [3.05, 3.63) is 0 Å². The Morgan fingerprint density at radius 1 is 1.09 bits per heavy atom. The first-order valence-electron chi connectivity index (χ1n) is 4.74. The summed E-state index contributed by atoms with van der Waals surface area (Å²) in [6, 6.07) is 0. The van der Waals surface area contributed by atoms with E-state index >= 15 is 0 Å². The number of hydrogen-bond acceptors (Lipinski definition) is 2. The normalized spacial score (nSPS) is 40.1. The summed E-state index contributed by atoms with van der Waals surface area (Å²) in [5.41, 5.74) is 0. The molecule has 0 amide bonds. The summed E-state index contributed by atoms with van der Waals surface area (Å²) >= 11 is 0. The monoisotopic (exact) mass is 154 g/mol. The third kappa shape index (κ3) is 1.74. The van der Waals surface area contributed by atoms with Crippen molar-refractivity contribution in [2.75, 3.05) is 33.2 Å². The van der Waals surface area contributed by atoms with Gasteiger partial charge < -0.3 is 10.2 Å². The number of likely N-dealkylation sites (tertiary alicyclic amines) is 1. The summed E-state index contributed by atoms with van der Waals surface area (Å²) < 4.78 is 0. The van der Waals surface area contributed by atoms with Crippen molar-refractivity contribution in [1.82, 2.24) is 10.2 Å². The third-order valence-corrected chi connectivity index (χ3v) is 2.99. The second-order valence-electron chi connectivity index (χ2n) is 4.19. The van der Waals surface area contributed by atoms with Crippen LogP contribution in [0.5, 0.6) is 0 Å². The van der Waals surface area contributed by atoms with E-state index in [-0.39, 0.29) is 0 Å². The van der Waals surface area contributed by atoms with Crippen LogP contribution in [0.1, 0.15) is 12.8 Å². The van der Waals surface area contributed by atoms with E-state index < -0.39 is 0 Å². The van der Waals surface area contributed by atoms with Crippen molar-refractivity contribution in [2.24, 2.45) is 11.8 Å². The maximum absolute atomic E-state index is 3.54. The number of nitrogens with zero attached hydrogens (tertiary/aromatic N) is 1. The lowest BCUT2D eigenvalue weighted by molar-refractivity contribution is 0.247. The van der Waals surface area contributed by atoms with E-state index in [4.69, 9.17) is 0 Å². The van der Waals surface area contributed by atoms with E-state index in [0.717, 1.165) is 11.8 Å². The predicted octanol–water partition coefficient (Wildman–Crippen LogP) is 0.548. The minimum absolute atomic E-state index is 0.924.